The van der Waals surface area contributed by atoms with Gasteiger partial charge in [-0.1, -0.05) is 0 Å². The Labute approximate surface area is 65.9 Å². The van der Waals surface area contributed by atoms with Crippen molar-refractivity contribution in [2.24, 2.45) is 0 Å². The molecule has 4 nitrogen and oxygen atoms in total. The van der Waals surface area contributed by atoms with Crippen LogP contribution in [0.15, 0.2) is 12.4 Å². The molecule has 0 saturated carbocycles. The van der Waals surface area contributed by atoms with Gasteiger partial charge in [0.05, 0.1) is 18.4 Å². The highest BCUT2D eigenvalue weighted by molar-refractivity contribution is 5.82. The van der Waals surface area contributed by atoms with E-state index in [0.29, 0.717) is 0 Å². The molecule has 0 saturated heterocycles. The molecule has 1 heterocycles. The number of aromatic carboxylic acids is 1. The second-order valence-electron chi connectivity index (χ2n) is 1.92. The minimum absolute atomic E-state index is 0.590. The number of nitrogens with zero attached hydrogens (tertiary/aromatic N) is 2. The van der Waals surface area contributed by atoms with Crippen LogP contribution in [0.25, 0.3) is 0 Å². The van der Waals surface area contributed by atoms with E-state index in [-0.39, 0.29) is 0 Å². The molecule has 0 unspecified atom stereocenters. The minimum atomic E-state index is -2.82. The zero-order chi connectivity index (χ0) is 9.14. The van der Waals surface area contributed by atoms with Gasteiger partial charge in [0.1, 0.15) is 11.4 Å². The zero-order valence-corrected chi connectivity index (χ0v) is 5.70. The molecule has 0 aliphatic rings. The molecule has 0 atom stereocenters. The first kappa shape index (κ1) is 8.51. The Balaban J connectivity index is 3.04. The highest BCUT2D eigenvalue weighted by atomic mass is 19.3. The molecular weight excluding hydrogens is 170 g/mol. The summed E-state index contributed by atoms with van der Waals surface area (Å²) in [5.74, 6) is -1.62. The number of carbonyl (C=O) groups is 1. The molecule has 0 amide bonds. The quantitative estimate of drug-likeness (QED) is 0.619. The highest BCUT2D eigenvalue weighted by Crippen LogP contribution is 2.14. The van der Waals surface area contributed by atoms with Gasteiger partial charge in [-0.2, -0.15) is 0 Å². The first-order valence-electron chi connectivity index (χ1n) is 2.92. The Morgan fingerprint density at radius 3 is 2.67 bits per heavy atom. The van der Waals surface area contributed by atoms with Gasteiger partial charge in [-0.25, -0.2) is 13.8 Å². The third-order valence-corrected chi connectivity index (χ3v) is 1.09. The summed E-state index contributed by atoms with van der Waals surface area (Å²) in [6.07, 6.45) is -1.17. The summed E-state index contributed by atoms with van der Waals surface area (Å²) >= 11 is 0. The molecule has 0 aromatic carbocycles. The van der Waals surface area contributed by atoms with Crippen molar-refractivity contribution >= 4 is 5.97 Å². The average molecular weight is 173 g/mol. The van der Waals surface area contributed by atoms with Gasteiger partial charge in [-0.3, -0.25) is 4.98 Å². The summed E-state index contributed by atoms with van der Waals surface area (Å²) in [5.41, 5.74) is -1.26. The standard InChI is InChI=1S/C6H4F2N2O2/c7-5(8)3-1-9-2-4(10-3)6(11)12/h1-2,5H,(H,11,12)/p-1. The van der Waals surface area contributed by atoms with Gasteiger partial charge in [-0.05, 0) is 0 Å². The number of hydrogen-bond acceptors (Lipinski definition) is 4. The maximum Gasteiger partial charge on any atom is 0.281 e. The molecule has 6 heteroatoms. The summed E-state index contributed by atoms with van der Waals surface area (Å²) in [6.45, 7) is 0. The fourth-order valence-corrected chi connectivity index (χ4v) is 0.585. The lowest BCUT2D eigenvalue weighted by molar-refractivity contribution is -0.255. The van der Waals surface area contributed by atoms with Crippen LogP contribution in [0.5, 0.6) is 0 Å². The van der Waals surface area contributed by atoms with Crippen molar-refractivity contribution in [3.05, 3.63) is 23.8 Å². The van der Waals surface area contributed by atoms with Crippen LogP contribution < -0.4 is 5.11 Å². The normalized spacial score (nSPS) is 10.2. The Hall–Kier alpha value is -1.59. The molecule has 0 N–H and O–H groups in total. The van der Waals surface area contributed by atoms with Crippen molar-refractivity contribution in [1.29, 1.82) is 0 Å². The van der Waals surface area contributed by atoms with Crippen molar-refractivity contribution < 1.29 is 18.7 Å². The number of halogens is 2. The number of aromatic nitrogens is 2. The lowest BCUT2D eigenvalue weighted by atomic mass is 10.4. The van der Waals surface area contributed by atoms with Gasteiger partial charge >= 0.3 is 0 Å². The van der Waals surface area contributed by atoms with Crippen molar-refractivity contribution in [2.45, 2.75) is 6.43 Å². The van der Waals surface area contributed by atoms with Crippen molar-refractivity contribution in [3.8, 4) is 0 Å². The Morgan fingerprint density at radius 1 is 1.50 bits per heavy atom. The topological polar surface area (TPSA) is 65.9 Å². The van der Waals surface area contributed by atoms with Gasteiger partial charge in [0.15, 0.2) is 0 Å². The molecule has 1 rings (SSSR count). The number of carboxylic acid groups (broad SMARTS) is 1. The van der Waals surface area contributed by atoms with Gasteiger partial charge in [-0.15, -0.1) is 0 Å². The van der Waals surface area contributed by atoms with E-state index in [9.17, 15) is 18.7 Å². The molecule has 0 spiro atoms. The van der Waals surface area contributed by atoms with E-state index in [1.54, 1.807) is 0 Å². The Bertz CT molecular complexity index is 303. The summed E-state index contributed by atoms with van der Waals surface area (Å²) in [6, 6.07) is 0. The lowest BCUT2D eigenvalue weighted by Crippen LogP contribution is -2.24. The van der Waals surface area contributed by atoms with E-state index < -0.39 is 23.8 Å². The smallest absolute Gasteiger partial charge is 0.281 e. The molecule has 64 valence electrons. The summed E-state index contributed by atoms with van der Waals surface area (Å²) in [7, 11) is 0. The number of rotatable bonds is 2. The molecule has 1 aromatic heterocycles. The van der Waals surface area contributed by atoms with Gasteiger partial charge in [0.2, 0.25) is 0 Å². The number of alkyl halides is 2. The van der Waals surface area contributed by atoms with Gasteiger partial charge in [0, 0.05) is 0 Å². The lowest BCUT2D eigenvalue weighted by Gasteiger charge is -2.02. The third kappa shape index (κ3) is 1.71. The SMILES string of the molecule is O=C([O-])c1cncc(C(F)F)n1. The summed E-state index contributed by atoms with van der Waals surface area (Å²) in [4.78, 5) is 16.5. The largest absolute Gasteiger partial charge is 0.543 e. The van der Waals surface area contributed by atoms with Gasteiger partial charge in [0.25, 0.3) is 6.43 Å². The second kappa shape index (κ2) is 3.21. The fourth-order valence-electron chi connectivity index (χ4n) is 0.585. The molecular formula is C6H3F2N2O2-. The van der Waals surface area contributed by atoms with Crippen molar-refractivity contribution in [2.75, 3.05) is 0 Å². The van der Waals surface area contributed by atoms with Crippen LogP contribution in [0, 0.1) is 0 Å². The molecule has 0 bridgehead atoms. The maximum absolute atomic E-state index is 11.9. The summed E-state index contributed by atoms with van der Waals surface area (Å²) in [5, 5.41) is 10.1. The molecule has 1 aromatic rings. The molecule has 0 fully saturated rings. The van der Waals surface area contributed by atoms with Crippen molar-refractivity contribution in [1.82, 2.24) is 9.97 Å². The van der Waals surface area contributed by atoms with E-state index in [0.717, 1.165) is 12.4 Å². The van der Waals surface area contributed by atoms with Crippen LogP contribution in [-0.4, -0.2) is 15.9 Å². The third-order valence-electron chi connectivity index (χ3n) is 1.09. The fraction of sp³-hybridized carbons (Fsp3) is 0.167. The average Bonchev–Trinajstić information content (AvgIpc) is 2.04. The van der Waals surface area contributed by atoms with E-state index in [1.165, 1.54) is 0 Å². The Kier molecular flexibility index (Phi) is 2.27. The predicted molar refractivity (Wildman–Crippen MR) is 31.3 cm³/mol. The van der Waals surface area contributed by atoms with E-state index in [2.05, 4.69) is 9.97 Å². The number of carbonyl (C=O) groups excluding carboxylic acids is 1. The molecule has 0 aliphatic heterocycles. The molecule has 12 heavy (non-hydrogen) atoms. The monoisotopic (exact) mass is 173 g/mol. The van der Waals surface area contributed by atoms with Crippen LogP contribution in [0.3, 0.4) is 0 Å². The van der Waals surface area contributed by atoms with E-state index in [4.69, 9.17) is 0 Å². The van der Waals surface area contributed by atoms with Crippen LogP contribution in [0.4, 0.5) is 8.78 Å². The van der Waals surface area contributed by atoms with Crippen molar-refractivity contribution in [3.63, 3.8) is 0 Å². The Morgan fingerprint density at radius 2 is 2.17 bits per heavy atom. The summed E-state index contributed by atoms with van der Waals surface area (Å²) < 4.78 is 23.8. The van der Waals surface area contributed by atoms with Crippen LogP contribution in [0.2, 0.25) is 0 Å². The first-order valence-corrected chi connectivity index (χ1v) is 2.92. The maximum atomic E-state index is 11.9. The first-order chi connectivity index (χ1) is 5.61. The number of carboxylic acids is 1. The van der Waals surface area contributed by atoms with E-state index >= 15 is 0 Å². The molecule has 0 aliphatic carbocycles. The second-order valence-corrected chi connectivity index (χ2v) is 1.92. The number of hydrogen-bond donors (Lipinski definition) is 0. The molecule has 0 radical (unpaired) electrons. The zero-order valence-electron chi connectivity index (χ0n) is 5.70. The van der Waals surface area contributed by atoms with Crippen LogP contribution >= 0.6 is 0 Å². The highest BCUT2D eigenvalue weighted by Gasteiger charge is 2.09. The van der Waals surface area contributed by atoms with Gasteiger partial charge < -0.3 is 9.90 Å². The predicted octanol–water partition coefficient (Wildman–Crippen LogP) is -0.222. The van der Waals surface area contributed by atoms with Crippen LogP contribution in [0.1, 0.15) is 22.6 Å². The van der Waals surface area contributed by atoms with Crippen LogP contribution in [-0.2, 0) is 0 Å². The minimum Gasteiger partial charge on any atom is -0.543 e. The van der Waals surface area contributed by atoms with E-state index in [1.807, 2.05) is 0 Å².